The van der Waals surface area contributed by atoms with Gasteiger partial charge in [0, 0.05) is 47.9 Å². The number of anilines is 1. The van der Waals surface area contributed by atoms with Crippen molar-refractivity contribution >= 4 is 11.7 Å². The summed E-state index contributed by atoms with van der Waals surface area (Å²) < 4.78 is 18.0. The van der Waals surface area contributed by atoms with Gasteiger partial charge in [-0.1, -0.05) is 0 Å². The molecule has 0 saturated heterocycles. The molecule has 1 aliphatic carbocycles. The molecule has 2 amide bonds. The molecule has 3 aromatic rings. The normalized spacial score (nSPS) is 12.6. The van der Waals surface area contributed by atoms with Crippen LogP contribution < -0.4 is 24.8 Å². The zero-order chi connectivity index (χ0) is 23.2. The van der Waals surface area contributed by atoms with Gasteiger partial charge in [0.25, 0.3) is 0 Å². The number of nitrogens with zero attached hydrogens (tertiary/aromatic N) is 3. The maximum absolute atomic E-state index is 12.5. The first-order valence-corrected chi connectivity index (χ1v) is 11.0. The molecule has 2 aromatic heterocycles. The highest BCUT2D eigenvalue weighted by atomic mass is 16.5. The third-order valence-electron chi connectivity index (χ3n) is 5.74. The Hall–Kier alpha value is -3.75. The Bertz CT molecular complexity index is 1090. The second-order valence-electron chi connectivity index (χ2n) is 7.73. The van der Waals surface area contributed by atoms with Gasteiger partial charge in [0.15, 0.2) is 11.5 Å². The Morgan fingerprint density at radius 3 is 2.39 bits per heavy atom. The van der Waals surface area contributed by atoms with Gasteiger partial charge in [-0.05, 0) is 37.8 Å². The molecule has 33 heavy (non-hydrogen) atoms. The van der Waals surface area contributed by atoms with Gasteiger partial charge >= 0.3 is 6.03 Å². The quantitative estimate of drug-likeness (QED) is 0.542. The van der Waals surface area contributed by atoms with Gasteiger partial charge in [0.05, 0.1) is 39.3 Å². The molecular formula is C24H29N5O4. The van der Waals surface area contributed by atoms with Crippen LogP contribution in [0.25, 0.3) is 11.3 Å². The summed E-state index contributed by atoms with van der Waals surface area (Å²) in [5, 5.41) is 10.6. The van der Waals surface area contributed by atoms with E-state index in [1.54, 1.807) is 24.5 Å². The minimum atomic E-state index is -0.320. The molecule has 2 heterocycles. The number of amides is 2. The summed E-state index contributed by atoms with van der Waals surface area (Å²) in [5.74, 6) is 1.41. The van der Waals surface area contributed by atoms with E-state index in [0.29, 0.717) is 36.0 Å². The van der Waals surface area contributed by atoms with E-state index in [1.165, 1.54) is 39.0 Å². The van der Waals surface area contributed by atoms with Crippen molar-refractivity contribution in [2.24, 2.45) is 0 Å². The fourth-order valence-corrected chi connectivity index (χ4v) is 4.20. The van der Waals surface area contributed by atoms with E-state index in [4.69, 9.17) is 19.3 Å². The molecule has 0 aliphatic heterocycles. The van der Waals surface area contributed by atoms with Gasteiger partial charge in [-0.3, -0.25) is 9.67 Å². The molecule has 174 valence electrons. The fourth-order valence-electron chi connectivity index (χ4n) is 4.20. The number of rotatable bonds is 8. The first-order valence-electron chi connectivity index (χ1n) is 11.0. The van der Waals surface area contributed by atoms with E-state index in [9.17, 15) is 4.79 Å². The predicted molar refractivity (Wildman–Crippen MR) is 125 cm³/mol. The molecule has 0 unspecified atom stereocenters. The van der Waals surface area contributed by atoms with E-state index >= 15 is 0 Å². The second kappa shape index (κ2) is 10.2. The van der Waals surface area contributed by atoms with Crippen molar-refractivity contribution in [3.8, 4) is 28.5 Å². The van der Waals surface area contributed by atoms with Crippen molar-refractivity contribution in [1.29, 1.82) is 0 Å². The number of nitrogens with one attached hydrogen (secondary N) is 2. The molecule has 1 aliphatic rings. The van der Waals surface area contributed by atoms with Crippen molar-refractivity contribution in [2.45, 2.75) is 32.2 Å². The number of hydrogen-bond donors (Lipinski definition) is 2. The van der Waals surface area contributed by atoms with Crippen molar-refractivity contribution in [3.05, 3.63) is 47.9 Å². The minimum absolute atomic E-state index is 0.320. The van der Waals surface area contributed by atoms with Gasteiger partial charge in [0.1, 0.15) is 0 Å². The molecule has 9 nitrogen and oxygen atoms in total. The number of pyridine rings is 1. The first-order chi connectivity index (χ1) is 16.1. The van der Waals surface area contributed by atoms with E-state index < -0.39 is 0 Å². The van der Waals surface area contributed by atoms with Gasteiger partial charge in [-0.25, -0.2) is 4.79 Å². The summed E-state index contributed by atoms with van der Waals surface area (Å²) in [4.78, 5) is 16.6. The van der Waals surface area contributed by atoms with Gasteiger partial charge in [0.2, 0.25) is 5.75 Å². The highest BCUT2D eigenvalue weighted by Crippen LogP contribution is 2.39. The fraction of sp³-hybridized carbons (Fsp3) is 0.375. The summed E-state index contributed by atoms with van der Waals surface area (Å²) in [5.41, 5.74) is 5.22. The largest absolute Gasteiger partial charge is 0.493 e. The minimum Gasteiger partial charge on any atom is -0.493 e. The zero-order valence-corrected chi connectivity index (χ0v) is 19.2. The van der Waals surface area contributed by atoms with Crippen LogP contribution >= 0.6 is 0 Å². The predicted octanol–water partition coefficient (Wildman–Crippen LogP) is 3.67. The SMILES string of the molecule is COc1cc(NC(=O)NCCn2nc(-c3ccncc3)c3c2CCCC3)cc(OC)c1OC. The lowest BCUT2D eigenvalue weighted by atomic mass is 9.94. The number of fused-ring (bicyclic) bond motifs is 1. The Morgan fingerprint density at radius 2 is 1.73 bits per heavy atom. The molecule has 2 N–H and O–H groups in total. The number of aromatic nitrogens is 3. The maximum atomic E-state index is 12.5. The van der Waals surface area contributed by atoms with Crippen molar-refractivity contribution in [1.82, 2.24) is 20.1 Å². The monoisotopic (exact) mass is 451 g/mol. The van der Waals surface area contributed by atoms with Gasteiger partial charge in [-0.2, -0.15) is 5.10 Å². The highest BCUT2D eigenvalue weighted by Gasteiger charge is 2.21. The standard InChI is InChI=1S/C24H29N5O4/c1-31-20-14-17(15-21(32-2)23(20)33-3)27-24(30)26-12-13-29-19-7-5-4-6-18(19)22(28-29)16-8-10-25-11-9-16/h8-11,14-15H,4-7,12-13H2,1-3H3,(H2,26,27,30). The zero-order valence-electron chi connectivity index (χ0n) is 19.2. The first kappa shape index (κ1) is 22.4. The lowest BCUT2D eigenvalue weighted by Gasteiger charge is -2.16. The summed E-state index contributed by atoms with van der Waals surface area (Å²) in [6, 6.07) is 7.03. The third kappa shape index (κ3) is 4.87. The average molecular weight is 452 g/mol. The van der Waals surface area contributed by atoms with Crippen LogP contribution in [0.5, 0.6) is 17.2 Å². The number of carbonyl (C=O) groups excluding carboxylic acids is 1. The van der Waals surface area contributed by atoms with E-state index in [0.717, 1.165) is 30.5 Å². The molecular weight excluding hydrogens is 422 g/mol. The van der Waals surface area contributed by atoms with Crippen molar-refractivity contribution in [2.75, 3.05) is 33.2 Å². The van der Waals surface area contributed by atoms with E-state index in [-0.39, 0.29) is 6.03 Å². The van der Waals surface area contributed by atoms with Crippen molar-refractivity contribution in [3.63, 3.8) is 0 Å². The topological polar surface area (TPSA) is 99.5 Å². The molecule has 4 rings (SSSR count). The van der Waals surface area contributed by atoms with Gasteiger partial charge in [-0.15, -0.1) is 0 Å². The summed E-state index contributed by atoms with van der Waals surface area (Å²) in [7, 11) is 4.60. The molecule has 9 heteroatoms. The number of ether oxygens (including phenoxy) is 3. The number of hydrogen-bond acceptors (Lipinski definition) is 6. The maximum Gasteiger partial charge on any atom is 0.319 e. The molecule has 0 saturated carbocycles. The lowest BCUT2D eigenvalue weighted by Crippen LogP contribution is -2.32. The van der Waals surface area contributed by atoms with Crippen LogP contribution in [0.4, 0.5) is 10.5 Å². The molecule has 0 bridgehead atoms. The van der Waals surface area contributed by atoms with Crippen LogP contribution in [0.15, 0.2) is 36.7 Å². The average Bonchev–Trinajstić information content (AvgIpc) is 3.22. The Morgan fingerprint density at radius 1 is 1.03 bits per heavy atom. The molecule has 1 aromatic carbocycles. The number of methoxy groups -OCH3 is 3. The Kier molecular flexibility index (Phi) is 6.97. The number of benzene rings is 1. The summed E-state index contributed by atoms with van der Waals surface area (Å²) in [6.07, 6.45) is 7.94. The lowest BCUT2D eigenvalue weighted by molar-refractivity contribution is 0.251. The Labute approximate surface area is 193 Å². The summed E-state index contributed by atoms with van der Waals surface area (Å²) in [6.45, 7) is 1.04. The molecule has 0 fully saturated rings. The highest BCUT2D eigenvalue weighted by molar-refractivity contribution is 5.90. The number of urea groups is 1. The third-order valence-corrected chi connectivity index (χ3v) is 5.74. The summed E-state index contributed by atoms with van der Waals surface area (Å²) >= 11 is 0. The Balaban J connectivity index is 1.42. The van der Waals surface area contributed by atoms with E-state index in [1.807, 2.05) is 16.8 Å². The van der Waals surface area contributed by atoms with Gasteiger partial charge < -0.3 is 24.8 Å². The molecule has 0 radical (unpaired) electrons. The van der Waals surface area contributed by atoms with Crippen LogP contribution in [0.3, 0.4) is 0 Å². The van der Waals surface area contributed by atoms with Crippen LogP contribution in [0.2, 0.25) is 0 Å². The van der Waals surface area contributed by atoms with Crippen LogP contribution in [0.1, 0.15) is 24.1 Å². The second-order valence-corrected chi connectivity index (χ2v) is 7.73. The molecule has 0 atom stereocenters. The molecule has 0 spiro atoms. The van der Waals surface area contributed by atoms with Crippen LogP contribution in [0, 0.1) is 0 Å². The smallest absolute Gasteiger partial charge is 0.319 e. The van der Waals surface area contributed by atoms with Crippen LogP contribution in [-0.2, 0) is 19.4 Å². The van der Waals surface area contributed by atoms with Crippen molar-refractivity contribution < 1.29 is 19.0 Å². The van der Waals surface area contributed by atoms with E-state index in [2.05, 4.69) is 15.6 Å². The number of carbonyl (C=O) groups is 1. The van der Waals surface area contributed by atoms with Crippen LogP contribution in [-0.4, -0.2) is 48.7 Å².